The van der Waals surface area contributed by atoms with Gasteiger partial charge in [-0.15, -0.1) is 0 Å². The fraction of sp³-hybridized carbons (Fsp3) is 0.520. The molecule has 2 aliphatic rings. The van der Waals surface area contributed by atoms with Crippen molar-refractivity contribution in [1.29, 1.82) is 0 Å². The standard InChI is InChI=1S/C25H34N4O/c1-19(18-23-8-4-5-15-26-23)27-22-13-16-29(17-14-22)24-11-9-21(10-12-24)28-25(30)20-6-2-3-7-20/h4-5,8-12,15,19-20,22,27H,2-3,6-7,13-14,16-18H2,1H3,(H,28,30)/t19-/m0/s1. The van der Waals surface area contributed by atoms with Gasteiger partial charge in [0.1, 0.15) is 0 Å². The third-order valence-electron chi connectivity index (χ3n) is 6.48. The molecule has 4 rings (SSSR count). The first-order valence-electron chi connectivity index (χ1n) is 11.5. The molecule has 1 atom stereocenters. The quantitative estimate of drug-likeness (QED) is 0.716. The first-order chi connectivity index (χ1) is 14.7. The molecule has 1 saturated carbocycles. The lowest BCUT2D eigenvalue weighted by atomic mass is 10.0. The number of amides is 1. The summed E-state index contributed by atoms with van der Waals surface area (Å²) in [6.07, 6.45) is 9.56. The molecule has 1 amide bonds. The van der Waals surface area contributed by atoms with E-state index in [9.17, 15) is 4.79 Å². The summed E-state index contributed by atoms with van der Waals surface area (Å²) in [7, 11) is 0. The van der Waals surface area contributed by atoms with E-state index in [0.29, 0.717) is 12.1 Å². The summed E-state index contributed by atoms with van der Waals surface area (Å²) >= 11 is 0. The molecule has 2 aromatic rings. The molecule has 30 heavy (non-hydrogen) atoms. The number of aromatic nitrogens is 1. The van der Waals surface area contributed by atoms with E-state index in [2.05, 4.69) is 51.7 Å². The molecule has 0 unspecified atom stereocenters. The van der Waals surface area contributed by atoms with Gasteiger partial charge < -0.3 is 15.5 Å². The van der Waals surface area contributed by atoms with Crippen LogP contribution < -0.4 is 15.5 Å². The Balaban J connectivity index is 1.22. The number of carbonyl (C=O) groups is 1. The molecule has 1 aromatic carbocycles. The Morgan fingerprint density at radius 1 is 1.07 bits per heavy atom. The number of nitrogens with one attached hydrogen (secondary N) is 2. The van der Waals surface area contributed by atoms with Gasteiger partial charge in [0.25, 0.3) is 0 Å². The minimum absolute atomic E-state index is 0.187. The molecule has 1 aliphatic heterocycles. The van der Waals surface area contributed by atoms with E-state index in [4.69, 9.17) is 0 Å². The lowest BCUT2D eigenvalue weighted by Gasteiger charge is -2.35. The predicted octanol–water partition coefficient (Wildman–Crippen LogP) is 4.40. The van der Waals surface area contributed by atoms with Crippen molar-refractivity contribution in [2.45, 2.75) is 64.0 Å². The summed E-state index contributed by atoms with van der Waals surface area (Å²) in [5.74, 6) is 0.392. The highest BCUT2D eigenvalue weighted by Gasteiger charge is 2.23. The van der Waals surface area contributed by atoms with Gasteiger partial charge in [-0.2, -0.15) is 0 Å². The van der Waals surface area contributed by atoms with E-state index in [1.54, 1.807) is 0 Å². The Bertz CT molecular complexity index is 794. The molecule has 0 radical (unpaired) electrons. The van der Waals surface area contributed by atoms with Crippen molar-refractivity contribution >= 4 is 17.3 Å². The maximum Gasteiger partial charge on any atom is 0.227 e. The zero-order valence-electron chi connectivity index (χ0n) is 18.0. The molecule has 0 bridgehead atoms. The van der Waals surface area contributed by atoms with Crippen molar-refractivity contribution in [3.63, 3.8) is 0 Å². The Morgan fingerprint density at radius 2 is 1.80 bits per heavy atom. The molecule has 2 fully saturated rings. The molecule has 2 N–H and O–H groups in total. The molecule has 5 heteroatoms. The Kier molecular flexibility index (Phi) is 7.00. The minimum Gasteiger partial charge on any atom is -0.371 e. The largest absolute Gasteiger partial charge is 0.371 e. The van der Waals surface area contributed by atoms with Crippen LogP contribution >= 0.6 is 0 Å². The minimum atomic E-state index is 0.187. The fourth-order valence-corrected chi connectivity index (χ4v) is 4.79. The van der Waals surface area contributed by atoms with E-state index >= 15 is 0 Å². The Labute approximate surface area is 180 Å². The summed E-state index contributed by atoms with van der Waals surface area (Å²) < 4.78 is 0. The van der Waals surface area contributed by atoms with Crippen LogP contribution in [0.25, 0.3) is 0 Å². The molecule has 2 heterocycles. The highest BCUT2D eigenvalue weighted by Crippen LogP contribution is 2.27. The number of carbonyl (C=O) groups excluding carboxylic acids is 1. The number of rotatable bonds is 7. The van der Waals surface area contributed by atoms with Gasteiger partial charge in [0, 0.05) is 60.8 Å². The molecule has 160 valence electrons. The highest BCUT2D eigenvalue weighted by molar-refractivity contribution is 5.92. The number of hydrogen-bond donors (Lipinski definition) is 2. The Hall–Kier alpha value is -2.40. The van der Waals surface area contributed by atoms with Crippen molar-refractivity contribution in [1.82, 2.24) is 10.3 Å². The van der Waals surface area contributed by atoms with Crippen LogP contribution in [-0.2, 0) is 11.2 Å². The van der Waals surface area contributed by atoms with E-state index in [1.807, 2.05) is 24.4 Å². The average Bonchev–Trinajstić information content (AvgIpc) is 3.31. The molecular formula is C25H34N4O. The number of hydrogen-bond acceptors (Lipinski definition) is 4. The van der Waals surface area contributed by atoms with E-state index in [0.717, 1.165) is 56.6 Å². The topological polar surface area (TPSA) is 57.3 Å². The second-order valence-electron chi connectivity index (χ2n) is 8.87. The van der Waals surface area contributed by atoms with Gasteiger partial charge in [0.05, 0.1) is 0 Å². The molecule has 1 aliphatic carbocycles. The molecular weight excluding hydrogens is 372 g/mol. The van der Waals surface area contributed by atoms with Gasteiger partial charge in [-0.3, -0.25) is 9.78 Å². The van der Waals surface area contributed by atoms with E-state index in [1.165, 1.54) is 18.5 Å². The van der Waals surface area contributed by atoms with Crippen LogP contribution in [-0.4, -0.2) is 36.1 Å². The first-order valence-corrected chi connectivity index (χ1v) is 11.5. The maximum absolute atomic E-state index is 12.3. The Morgan fingerprint density at radius 3 is 2.47 bits per heavy atom. The van der Waals surface area contributed by atoms with Crippen LogP contribution in [0.2, 0.25) is 0 Å². The smallest absolute Gasteiger partial charge is 0.227 e. The van der Waals surface area contributed by atoms with Crippen molar-refractivity contribution in [3.8, 4) is 0 Å². The van der Waals surface area contributed by atoms with E-state index < -0.39 is 0 Å². The first kappa shape index (κ1) is 20.9. The number of anilines is 2. The fourth-order valence-electron chi connectivity index (χ4n) is 4.79. The van der Waals surface area contributed by atoms with Crippen molar-refractivity contribution in [2.75, 3.05) is 23.3 Å². The summed E-state index contributed by atoms with van der Waals surface area (Å²) in [5.41, 5.74) is 3.31. The van der Waals surface area contributed by atoms with Crippen molar-refractivity contribution in [2.24, 2.45) is 5.92 Å². The average molecular weight is 407 g/mol. The van der Waals surface area contributed by atoms with Crippen molar-refractivity contribution in [3.05, 3.63) is 54.4 Å². The highest BCUT2D eigenvalue weighted by atomic mass is 16.1. The van der Waals surface area contributed by atoms with Gasteiger partial charge in [0.2, 0.25) is 5.91 Å². The number of pyridine rings is 1. The lowest BCUT2D eigenvalue weighted by molar-refractivity contribution is -0.119. The third kappa shape index (κ3) is 5.60. The van der Waals surface area contributed by atoms with Gasteiger partial charge in [-0.25, -0.2) is 0 Å². The second-order valence-corrected chi connectivity index (χ2v) is 8.87. The van der Waals surface area contributed by atoms with Crippen LogP contribution in [0.1, 0.15) is 51.1 Å². The third-order valence-corrected chi connectivity index (χ3v) is 6.48. The van der Waals surface area contributed by atoms with Crippen LogP contribution in [0, 0.1) is 5.92 Å². The van der Waals surface area contributed by atoms with Crippen molar-refractivity contribution < 1.29 is 4.79 Å². The van der Waals surface area contributed by atoms with Crippen LogP contribution in [0.3, 0.4) is 0 Å². The molecule has 5 nitrogen and oxygen atoms in total. The monoisotopic (exact) mass is 406 g/mol. The van der Waals surface area contributed by atoms with E-state index in [-0.39, 0.29) is 11.8 Å². The summed E-state index contributed by atoms with van der Waals surface area (Å²) in [6, 6.07) is 15.5. The molecule has 1 saturated heterocycles. The summed E-state index contributed by atoms with van der Waals surface area (Å²) in [5, 5.41) is 6.87. The van der Waals surface area contributed by atoms with Gasteiger partial charge >= 0.3 is 0 Å². The van der Waals surface area contributed by atoms with Crippen LogP contribution in [0.15, 0.2) is 48.7 Å². The van der Waals surface area contributed by atoms with Crippen LogP contribution in [0.5, 0.6) is 0 Å². The van der Waals surface area contributed by atoms with Crippen LogP contribution in [0.4, 0.5) is 11.4 Å². The number of benzene rings is 1. The lowest BCUT2D eigenvalue weighted by Crippen LogP contribution is -2.46. The molecule has 1 aromatic heterocycles. The number of nitrogens with zero attached hydrogens (tertiary/aromatic N) is 2. The van der Waals surface area contributed by atoms with Gasteiger partial charge in [-0.05, 0) is 69.0 Å². The van der Waals surface area contributed by atoms with Gasteiger partial charge in [0.15, 0.2) is 0 Å². The normalized spacial score (nSPS) is 19.0. The molecule has 0 spiro atoms. The zero-order valence-corrected chi connectivity index (χ0v) is 18.0. The second kappa shape index (κ2) is 10.1. The zero-order chi connectivity index (χ0) is 20.8. The summed E-state index contributed by atoms with van der Waals surface area (Å²) in [6.45, 7) is 4.36. The SMILES string of the molecule is C[C@@H](Cc1ccccn1)NC1CCN(c2ccc(NC(=O)C3CCCC3)cc2)CC1. The predicted molar refractivity (Wildman–Crippen MR) is 123 cm³/mol. The summed E-state index contributed by atoms with van der Waals surface area (Å²) in [4.78, 5) is 19.2. The van der Waals surface area contributed by atoms with Gasteiger partial charge in [-0.1, -0.05) is 18.9 Å². The maximum atomic E-state index is 12.3. The number of piperidine rings is 1.